The van der Waals surface area contributed by atoms with Gasteiger partial charge in [-0.3, -0.25) is 10.1 Å². The zero-order chi connectivity index (χ0) is 14.9. The average Bonchev–Trinajstić information content (AvgIpc) is 3.08. The number of hydrogen-bond acceptors (Lipinski definition) is 3. The Kier molecular flexibility index (Phi) is 3.57. The summed E-state index contributed by atoms with van der Waals surface area (Å²) < 4.78 is 5.92. The van der Waals surface area contributed by atoms with Crippen LogP contribution in [0.25, 0.3) is 0 Å². The molecule has 21 heavy (non-hydrogen) atoms. The Morgan fingerprint density at radius 3 is 2.38 bits per heavy atom. The highest BCUT2D eigenvalue weighted by Crippen LogP contribution is 2.31. The van der Waals surface area contributed by atoms with Crippen molar-refractivity contribution < 1.29 is 14.3 Å². The number of carbonyl (C=O) groups is 2. The molecule has 1 saturated heterocycles. The van der Waals surface area contributed by atoms with Crippen LogP contribution in [0.2, 0.25) is 0 Å². The molecule has 1 aromatic carbocycles. The lowest BCUT2D eigenvalue weighted by molar-refractivity contribution is -0.124. The molecular formula is C16H20N2O3. The van der Waals surface area contributed by atoms with Crippen molar-refractivity contribution in [2.75, 3.05) is 0 Å². The van der Waals surface area contributed by atoms with Crippen molar-refractivity contribution in [1.82, 2.24) is 10.6 Å². The highest BCUT2D eigenvalue weighted by molar-refractivity contribution is 6.07. The molecule has 2 fully saturated rings. The van der Waals surface area contributed by atoms with E-state index in [9.17, 15) is 9.59 Å². The van der Waals surface area contributed by atoms with E-state index in [1.807, 2.05) is 31.2 Å². The van der Waals surface area contributed by atoms with E-state index in [-0.39, 0.29) is 5.91 Å². The summed E-state index contributed by atoms with van der Waals surface area (Å²) in [4.78, 5) is 23.5. The first-order valence-electron chi connectivity index (χ1n) is 7.55. The number of imide groups is 1. The highest BCUT2D eigenvalue weighted by atomic mass is 16.5. The molecule has 5 heteroatoms. The Morgan fingerprint density at radius 1 is 1.19 bits per heavy atom. The van der Waals surface area contributed by atoms with Crippen molar-refractivity contribution in [2.45, 2.75) is 50.7 Å². The van der Waals surface area contributed by atoms with Crippen LogP contribution in [0.15, 0.2) is 24.3 Å². The largest absolute Gasteiger partial charge is 0.490 e. The fourth-order valence-electron chi connectivity index (χ4n) is 3.16. The Balaban J connectivity index is 1.79. The lowest BCUT2D eigenvalue weighted by Crippen LogP contribution is -2.43. The number of benzene rings is 1. The van der Waals surface area contributed by atoms with Gasteiger partial charge in [-0.05, 0) is 49.8 Å². The van der Waals surface area contributed by atoms with E-state index in [1.165, 1.54) is 12.8 Å². The van der Waals surface area contributed by atoms with Crippen LogP contribution in [0, 0.1) is 0 Å². The van der Waals surface area contributed by atoms with Gasteiger partial charge in [0.25, 0.3) is 5.91 Å². The average molecular weight is 288 g/mol. The van der Waals surface area contributed by atoms with Gasteiger partial charge in [0.2, 0.25) is 0 Å². The molecule has 0 bridgehead atoms. The molecule has 1 aliphatic carbocycles. The van der Waals surface area contributed by atoms with Crippen molar-refractivity contribution in [3.63, 3.8) is 0 Å². The molecule has 1 atom stereocenters. The maximum atomic E-state index is 12.1. The van der Waals surface area contributed by atoms with Crippen LogP contribution >= 0.6 is 0 Å². The Morgan fingerprint density at radius 2 is 1.86 bits per heavy atom. The summed E-state index contributed by atoms with van der Waals surface area (Å²) in [6, 6.07) is 7.04. The molecule has 0 aromatic heterocycles. The van der Waals surface area contributed by atoms with E-state index in [2.05, 4.69) is 10.6 Å². The van der Waals surface area contributed by atoms with Crippen molar-refractivity contribution in [2.24, 2.45) is 0 Å². The van der Waals surface area contributed by atoms with Gasteiger partial charge in [-0.25, -0.2) is 4.79 Å². The molecule has 1 aliphatic heterocycles. The molecule has 0 spiro atoms. The molecule has 2 N–H and O–H groups in total. The van der Waals surface area contributed by atoms with Crippen LogP contribution in [0.1, 0.15) is 44.6 Å². The van der Waals surface area contributed by atoms with Crippen LogP contribution in [0.3, 0.4) is 0 Å². The number of ether oxygens (including phenoxy) is 1. The van der Waals surface area contributed by atoms with Gasteiger partial charge in [0.1, 0.15) is 11.3 Å². The van der Waals surface area contributed by atoms with Gasteiger partial charge in [-0.15, -0.1) is 0 Å². The van der Waals surface area contributed by atoms with Gasteiger partial charge in [0, 0.05) is 0 Å². The molecule has 2 aliphatic rings. The van der Waals surface area contributed by atoms with Crippen LogP contribution in [-0.2, 0) is 10.3 Å². The number of rotatable bonds is 4. The zero-order valence-electron chi connectivity index (χ0n) is 12.1. The van der Waals surface area contributed by atoms with Gasteiger partial charge in [0.15, 0.2) is 0 Å². The molecule has 1 heterocycles. The van der Waals surface area contributed by atoms with E-state index in [0.29, 0.717) is 12.5 Å². The molecule has 5 nitrogen and oxygen atoms in total. The van der Waals surface area contributed by atoms with Crippen LogP contribution in [0.5, 0.6) is 5.75 Å². The van der Waals surface area contributed by atoms with Crippen molar-refractivity contribution in [1.29, 1.82) is 0 Å². The SMILES string of the molecule is CC[C@@]1(c2ccc(OC3CCCC3)cc2)NC(=O)NC1=O. The van der Waals surface area contributed by atoms with E-state index in [4.69, 9.17) is 4.74 Å². The first-order chi connectivity index (χ1) is 10.1. The van der Waals surface area contributed by atoms with E-state index >= 15 is 0 Å². The van der Waals surface area contributed by atoms with Gasteiger partial charge in [-0.2, -0.15) is 0 Å². The number of nitrogens with one attached hydrogen (secondary N) is 2. The second-order valence-electron chi connectivity index (χ2n) is 5.72. The highest BCUT2D eigenvalue weighted by Gasteiger charge is 2.46. The predicted octanol–water partition coefficient (Wildman–Crippen LogP) is 2.45. The molecule has 0 unspecified atom stereocenters. The summed E-state index contributed by atoms with van der Waals surface area (Å²) in [6.07, 6.45) is 5.50. The summed E-state index contributed by atoms with van der Waals surface area (Å²) in [5.74, 6) is 0.529. The normalized spacial score (nSPS) is 25.8. The molecule has 3 rings (SSSR count). The van der Waals surface area contributed by atoms with Gasteiger partial charge < -0.3 is 10.1 Å². The molecule has 112 valence electrons. The monoisotopic (exact) mass is 288 g/mol. The smallest absolute Gasteiger partial charge is 0.322 e. The third kappa shape index (κ3) is 2.48. The van der Waals surface area contributed by atoms with E-state index in [0.717, 1.165) is 24.2 Å². The van der Waals surface area contributed by atoms with Crippen LogP contribution in [0.4, 0.5) is 4.79 Å². The molecule has 3 amide bonds. The van der Waals surface area contributed by atoms with E-state index < -0.39 is 11.6 Å². The third-order valence-corrected chi connectivity index (χ3v) is 4.42. The zero-order valence-corrected chi connectivity index (χ0v) is 12.1. The molecule has 0 radical (unpaired) electrons. The first kappa shape index (κ1) is 13.9. The second kappa shape index (κ2) is 5.39. The van der Waals surface area contributed by atoms with Crippen LogP contribution in [-0.4, -0.2) is 18.0 Å². The van der Waals surface area contributed by atoms with E-state index in [1.54, 1.807) is 0 Å². The topological polar surface area (TPSA) is 67.4 Å². The number of urea groups is 1. The predicted molar refractivity (Wildman–Crippen MR) is 78.0 cm³/mol. The summed E-state index contributed by atoms with van der Waals surface area (Å²) in [7, 11) is 0. The quantitative estimate of drug-likeness (QED) is 0.836. The summed E-state index contributed by atoms with van der Waals surface area (Å²) in [6.45, 7) is 1.88. The fraction of sp³-hybridized carbons (Fsp3) is 0.500. The summed E-state index contributed by atoms with van der Waals surface area (Å²) in [5.41, 5.74) is -0.171. The maximum absolute atomic E-state index is 12.1. The third-order valence-electron chi connectivity index (χ3n) is 4.42. The van der Waals surface area contributed by atoms with Crippen molar-refractivity contribution >= 4 is 11.9 Å². The number of amides is 3. The number of carbonyl (C=O) groups excluding carboxylic acids is 2. The fourth-order valence-corrected chi connectivity index (χ4v) is 3.16. The number of hydrogen-bond donors (Lipinski definition) is 2. The Labute approximate surface area is 124 Å². The molecule has 1 aromatic rings. The summed E-state index contributed by atoms with van der Waals surface area (Å²) in [5, 5.41) is 5.05. The van der Waals surface area contributed by atoms with Gasteiger partial charge >= 0.3 is 6.03 Å². The summed E-state index contributed by atoms with van der Waals surface area (Å²) >= 11 is 0. The Bertz CT molecular complexity index is 549. The minimum atomic E-state index is -0.955. The van der Waals surface area contributed by atoms with Crippen molar-refractivity contribution in [3.05, 3.63) is 29.8 Å². The maximum Gasteiger partial charge on any atom is 0.322 e. The lowest BCUT2D eigenvalue weighted by Gasteiger charge is -2.25. The second-order valence-corrected chi connectivity index (χ2v) is 5.72. The lowest BCUT2D eigenvalue weighted by atomic mass is 9.87. The van der Waals surface area contributed by atoms with Crippen LogP contribution < -0.4 is 15.4 Å². The molecule has 1 saturated carbocycles. The van der Waals surface area contributed by atoms with Gasteiger partial charge in [0.05, 0.1) is 6.10 Å². The Hall–Kier alpha value is -2.04. The first-order valence-corrected chi connectivity index (χ1v) is 7.55. The molecular weight excluding hydrogens is 268 g/mol. The minimum Gasteiger partial charge on any atom is -0.490 e. The van der Waals surface area contributed by atoms with Crippen molar-refractivity contribution in [3.8, 4) is 5.75 Å². The van der Waals surface area contributed by atoms with Gasteiger partial charge in [-0.1, -0.05) is 19.1 Å². The minimum absolute atomic E-state index is 0.292. The standard InChI is InChI=1S/C16H20N2O3/c1-2-16(14(19)17-15(20)18-16)11-7-9-13(10-8-11)21-12-5-3-4-6-12/h7-10,12H,2-6H2,1H3,(H2,17,18,19,20)/t16-/m0/s1.